The van der Waals surface area contributed by atoms with Crippen molar-refractivity contribution in [1.29, 1.82) is 0 Å². The van der Waals surface area contributed by atoms with Gasteiger partial charge in [-0.05, 0) is 41.8 Å². The number of nitrogens with zero attached hydrogens (tertiary/aromatic N) is 3. The molecule has 0 saturated heterocycles. The SMILES string of the molecule is COc1ccc(Nc2nnc(-c3cccc(-c4ccccc4)c3C)o2)nc1CNCCO. The highest BCUT2D eigenvalue weighted by atomic mass is 16.5. The molecule has 4 rings (SSSR count). The number of pyridine rings is 1. The molecule has 0 fully saturated rings. The van der Waals surface area contributed by atoms with Gasteiger partial charge >= 0.3 is 6.01 Å². The second-order valence-electron chi connectivity index (χ2n) is 7.13. The minimum absolute atomic E-state index is 0.0515. The number of aromatic nitrogens is 3. The maximum atomic E-state index is 8.96. The van der Waals surface area contributed by atoms with Crippen molar-refractivity contribution in [1.82, 2.24) is 20.5 Å². The number of methoxy groups -OCH3 is 1. The first-order valence-corrected chi connectivity index (χ1v) is 10.3. The molecule has 2 aromatic carbocycles. The monoisotopic (exact) mass is 431 g/mol. The van der Waals surface area contributed by atoms with E-state index in [0.29, 0.717) is 36.2 Å². The summed E-state index contributed by atoms with van der Waals surface area (Å²) in [5.74, 6) is 1.64. The lowest BCUT2D eigenvalue weighted by Crippen LogP contribution is -2.19. The van der Waals surface area contributed by atoms with Gasteiger partial charge in [-0.25, -0.2) is 4.98 Å². The van der Waals surface area contributed by atoms with Crippen LogP contribution in [0.25, 0.3) is 22.6 Å². The van der Waals surface area contributed by atoms with E-state index in [2.05, 4.69) is 44.0 Å². The molecule has 2 aromatic heterocycles. The molecule has 2 heterocycles. The first kappa shape index (κ1) is 21.5. The molecule has 0 saturated carbocycles. The standard InChI is InChI=1S/C24H25N5O3/c1-16-18(17-7-4-3-5-8-17)9-6-10-19(16)23-28-29-24(32-23)27-22-12-11-21(31-2)20(26-22)15-25-13-14-30/h3-12,25,30H,13-15H2,1-2H3,(H,26,27,29). The lowest BCUT2D eigenvalue weighted by atomic mass is 9.96. The number of benzene rings is 2. The predicted molar refractivity (Wildman–Crippen MR) is 123 cm³/mol. The van der Waals surface area contributed by atoms with Crippen molar-refractivity contribution >= 4 is 11.8 Å². The van der Waals surface area contributed by atoms with E-state index in [0.717, 1.165) is 22.3 Å². The number of aliphatic hydroxyl groups excluding tert-OH is 1. The van der Waals surface area contributed by atoms with E-state index in [-0.39, 0.29) is 12.6 Å². The zero-order valence-corrected chi connectivity index (χ0v) is 18.0. The molecule has 0 aliphatic carbocycles. The molecule has 0 bridgehead atoms. The first-order valence-electron chi connectivity index (χ1n) is 10.3. The molecule has 0 spiro atoms. The van der Waals surface area contributed by atoms with E-state index in [1.54, 1.807) is 13.2 Å². The first-order chi connectivity index (χ1) is 15.7. The van der Waals surface area contributed by atoms with E-state index in [1.807, 2.05) is 43.3 Å². The van der Waals surface area contributed by atoms with Gasteiger partial charge in [0, 0.05) is 18.7 Å². The summed E-state index contributed by atoms with van der Waals surface area (Å²) < 4.78 is 11.2. The fourth-order valence-corrected chi connectivity index (χ4v) is 3.45. The second kappa shape index (κ2) is 10.0. The number of anilines is 2. The van der Waals surface area contributed by atoms with Crippen molar-refractivity contribution in [2.45, 2.75) is 13.5 Å². The van der Waals surface area contributed by atoms with E-state index >= 15 is 0 Å². The highest BCUT2D eigenvalue weighted by molar-refractivity contribution is 5.75. The zero-order chi connectivity index (χ0) is 22.3. The number of hydrogen-bond donors (Lipinski definition) is 3. The van der Waals surface area contributed by atoms with Crippen molar-refractivity contribution < 1.29 is 14.3 Å². The summed E-state index contributed by atoms with van der Waals surface area (Å²) in [5, 5.41) is 23.5. The van der Waals surface area contributed by atoms with Crippen LogP contribution < -0.4 is 15.4 Å². The Morgan fingerprint density at radius 2 is 1.78 bits per heavy atom. The van der Waals surface area contributed by atoms with Crippen molar-refractivity contribution in [2.75, 3.05) is 25.6 Å². The average Bonchev–Trinajstić information content (AvgIpc) is 3.28. The largest absolute Gasteiger partial charge is 0.495 e. The van der Waals surface area contributed by atoms with Crippen LogP contribution in [0.3, 0.4) is 0 Å². The maximum absolute atomic E-state index is 8.96. The Kier molecular flexibility index (Phi) is 6.74. The Bertz CT molecular complexity index is 1180. The van der Waals surface area contributed by atoms with Gasteiger partial charge in [-0.1, -0.05) is 47.6 Å². The minimum Gasteiger partial charge on any atom is -0.495 e. The van der Waals surface area contributed by atoms with Gasteiger partial charge in [-0.3, -0.25) is 5.32 Å². The molecule has 0 atom stereocenters. The van der Waals surface area contributed by atoms with Gasteiger partial charge in [0.1, 0.15) is 11.6 Å². The van der Waals surface area contributed by atoms with Crippen molar-refractivity contribution in [3.05, 3.63) is 71.9 Å². The molecule has 4 aromatic rings. The normalized spacial score (nSPS) is 10.8. The molecule has 0 amide bonds. The summed E-state index contributed by atoms with van der Waals surface area (Å²) in [6.07, 6.45) is 0. The van der Waals surface area contributed by atoms with E-state index in [4.69, 9.17) is 14.3 Å². The predicted octanol–water partition coefficient (Wildman–Crippen LogP) is 3.94. The minimum atomic E-state index is 0.0515. The van der Waals surface area contributed by atoms with Gasteiger partial charge in [0.25, 0.3) is 0 Å². The Hall–Kier alpha value is -3.75. The van der Waals surface area contributed by atoms with Crippen molar-refractivity contribution in [3.8, 4) is 28.3 Å². The fourth-order valence-electron chi connectivity index (χ4n) is 3.45. The number of aliphatic hydroxyl groups is 1. The van der Waals surface area contributed by atoms with Crippen LogP contribution >= 0.6 is 0 Å². The third-order valence-corrected chi connectivity index (χ3v) is 5.04. The third-order valence-electron chi connectivity index (χ3n) is 5.04. The topological polar surface area (TPSA) is 105 Å². The van der Waals surface area contributed by atoms with Crippen LogP contribution in [0.1, 0.15) is 11.3 Å². The average molecular weight is 431 g/mol. The summed E-state index contributed by atoms with van der Waals surface area (Å²) in [4.78, 5) is 4.56. The van der Waals surface area contributed by atoms with E-state index < -0.39 is 0 Å². The van der Waals surface area contributed by atoms with Crippen molar-refractivity contribution in [2.24, 2.45) is 0 Å². The zero-order valence-electron chi connectivity index (χ0n) is 18.0. The molecular formula is C24H25N5O3. The van der Waals surface area contributed by atoms with Gasteiger partial charge in [0.2, 0.25) is 5.89 Å². The Labute approximate surface area is 186 Å². The second-order valence-corrected chi connectivity index (χ2v) is 7.13. The molecular weight excluding hydrogens is 406 g/mol. The van der Waals surface area contributed by atoms with Gasteiger partial charge in [0.15, 0.2) is 0 Å². The van der Waals surface area contributed by atoms with Crippen LogP contribution in [0, 0.1) is 6.92 Å². The molecule has 8 nitrogen and oxygen atoms in total. The highest BCUT2D eigenvalue weighted by Crippen LogP contribution is 2.32. The van der Waals surface area contributed by atoms with Crippen LogP contribution in [-0.2, 0) is 6.54 Å². The van der Waals surface area contributed by atoms with Gasteiger partial charge in [-0.15, -0.1) is 5.10 Å². The summed E-state index contributed by atoms with van der Waals surface area (Å²) in [6, 6.07) is 20.1. The lowest BCUT2D eigenvalue weighted by molar-refractivity contribution is 0.291. The molecule has 0 aliphatic heterocycles. The molecule has 0 radical (unpaired) electrons. The van der Waals surface area contributed by atoms with E-state index in [1.165, 1.54) is 0 Å². The summed E-state index contributed by atoms with van der Waals surface area (Å²) in [5.41, 5.74) is 4.90. The number of rotatable bonds is 9. The Morgan fingerprint density at radius 1 is 0.969 bits per heavy atom. The number of ether oxygens (including phenoxy) is 1. The molecule has 0 unspecified atom stereocenters. The van der Waals surface area contributed by atoms with Gasteiger partial charge < -0.3 is 19.6 Å². The quantitative estimate of drug-likeness (QED) is 0.342. The molecule has 32 heavy (non-hydrogen) atoms. The molecule has 3 N–H and O–H groups in total. The smallest absolute Gasteiger partial charge is 0.321 e. The Morgan fingerprint density at radius 3 is 2.56 bits per heavy atom. The number of hydrogen-bond acceptors (Lipinski definition) is 8. The summed E-state index contributed by atoms with van der Waals surface area (Å²) >= 11 is 0. The summed E-state index contributed by atoms with van der Waals surface area (Å²) in [6.45, 7) is 3.03. The molecule has 0 aliphatic rings. The van der Waals surface area contributed by atoms with Gasteiger partial charge in [-0.2, -0.15) is 0 Å². The van der Waals surface area contributed by atoms with Crippen LogP contribution in [0.15, 0.2) is 65.1 Å². The van der Waals surface area contributed by atoms with Crippen LogP contribution in [0.5, 0.6) is 5.75 Å². The van der Waals surface area contributed by atoms with Crippen LogP contribution in [0.2, 0.25) is 0 Å². The molecule has 8 heteroatoms. The Balaban J connectivity index is 1.56. The fraction of sp³-hybridized carbons (Fsp3) is 0.208. The van der Waals surface area contributed by atoms with E-state index in [9.17, 15) is 0 Å². The maximum Gasteiger partial charge on any atom is 0.321 e. The van der Waals surface area contributed by atoms with Gasteiger partial charge in [0.05, 0.1) is 19.4 Å². The lowest BCUT2D eigenvalue weighted by Gasteiger charge is -2.10. The molecule has 164 valence electrons. The highest BCUT2D eigenvalue weighted by Gasteiger charge is 2.15. The summed E-state index contributed by atoms with van der Waals surface area (Å²) in [7, 11) is 1.59. The van der Waals surface area contributed by atoms with Crippen molar-refractivity contribution in [3.63, 3.8) is 0 Å². The number of nitrogens with one attached hydrogen (secondary N) is 2. The van der Waals surface area contributed by atoms with Crippen LogP contribution in [0.4, 0.5) is 11.8 Å². The third kappa shape index (κ3) is 4.77. The van der Waals surface area contributed by atoms with Crippen LogP contribution in [-0.4, -0.2) is 40.5 Å².